The van der Waals surface area contributed by atoms with E-state index in [9.17, 15) is 19.2 Å². The lowest BCUT2D eigenvalue weighted by Crippen LogP contribution is -2.54. The maximum absolute atomic E-state index is 13.5. The van der Waals surface area contributed by atoms with Gasteiger partial charge in [-0.15, -0.1) is 0 Å². The first-order valence-corrected chi connectivity index (χ1v) is 13.5. The van der Waals surface area contributed by atoms with E-state index < -0.39 is 29.9 Å². The molecule has 0 fully saturated rings. The van der Waals surface area contributed by atoms with Gasteiger partial charge in [-0.05, 0) is 30.0 Å². The Balaban J connectivity index is 1.42. The fraction of sp³-hybridized carbons (Fsp3) is 0.379. The number of aromatic amines is 1. The lowest BCUT2D eigenvalue weighted by molar-refractivity contribution is -0.131. The summed E-state index contributed by atoms with van der Waals surface area (Å²) in [6.07, 6.45) is 2.68. The van der Waals surface area contributed by atoms with E-state index >= 15 is 0 Å². The van der Waals surface area contributed by atoms with E-state index in [1.165, 1.54) is 11.1 Å². The molecule has 2 aromatic carbocycles. The second-order valence-corrected chi connectivity index (χ2v) is 10.0. The molecule has 210 valence electrons. The average molecular weight is 546 g/mol. The minimum absolute atomic E-state index is 0.147. The monoisotopic (exact) mass is 545 g/mol. The fourth-order valence-electron chi connectivity index (χ4n) is 4.77. The van der Waals surface area contributed by atoms with Crippen LogP contribution in [0.4, 0.5) is 5.69 Å². The highest BCUT2D eigenvalue weighted by Crippen LogP contribution is 2.32. The Morgan fingerprint density at radius 3 is 2.45 bits per heavy atom. The number of hydrogen-bond acceptors (Lipinski definition) is 6. The smallest absolute Gasteiger partial charge is 0.247 e. The van der Waals surface area contributed by atoms with Gasteiger partial charge in [-0.1, -0.05) is 68.8 Å². The first kappa shape index (κ1) is 28.5. The van der Waals surface area contributed by atoms with Crippen LogP contribution >= 0.6 is 0 Å². The standard InChI is InChI=1S/C29H35N7O4/c1-4-18(2)27(33-25(37)14-20-10-6-5-7-11-20)29(40)30-17-26(38)36-23-13-9-8-12-21(23)15-24(36)28(39)32-19(3)22-16-31-35-34-22/h5-13,16,18-19,24,27H,4,14-15,17H2,1-3H3,(H,30,40)(H,32,39)(H,33,37)(H,31,34,35)/t18?,19?,24-,27?/m0/s1. The second kappa shape index (κ2) is 13.0. The van der Waals surface area contributed by atoms with E-state index in [4.69, 9.17) is 0 Å². The molecule has 3 unspecified atom stereocenters. The minimum Gasteiger partial charge on any atom is -0.346 e. The van der Waals surface area contributed by atoms with Gasteiger partial charge in [0, 0.05) is 12.1 Å². The van der Waals surface area contributed by atoms with Crippen LogP contribution in [0.25, 0.3) is 0 Å². The number of hydrogen-bond donors (Lipinski definition) is 4. The van der Waals surface area contributed by atoms with E-state index in [-0.39, 0.29) is 30.7 Å². The summed E-state index contributed by atoms with van der Waals surface area (Å²) in [4.78, 5) is 54.1. The van der Waals surface area contributed by atoms with Crippen molar-refractivity contribution in [1.29, 1.82) is 0 Å². The van der Waals surface area contributed by atoms with Crippen LogP contribution in [0.1, 0.15) is 50.1 Å². The van der Waals surface area contributed by atoms with Gasteiger partial charge < -0.3 is 16.0 Å². The summed E-state index contributed by atoms with van der Waals surface area (Å²) in [5.41, 5.74) is 2.90. The summed E-state index contributed by atoms with van der Waals surface area (Å²) < 4.78 is 0. The Bertz CT molecular complexity index is 1330. The van der Waals surface area contributed by atoms with Gasteiger partial charge in [0.1, 0.15) is 17.8 Å². The predicted octanol–water partition coefficient (Wildman–Crippen LogP) is 1.83. The number of anilines is 1. The molecule has 1 aliphatic rings. The number of carbonyl (C=O) groups excluding carboxylic acids is 4. The van der Waals surface area contributed by atoms with Crippen LogP contribution in [0.2, 0.25) is 0 Å². The number of para-hydroxylation sites is 1. The van der Waals surface area contributed by atoms with Crippen molar-refractivity contribution in [2.75, 3.05) is 11.4 Å². The Morgan fingerprint density at radius 1 is 1.02 bits per heavy atom. The lowest BCUT2D eigenvalue weighted by Gasteiger charge is -2.27. The third-order valence-corrected chi connectivity index (χ3v) is 7.22. The molecule has 1 aromatic heterocycles. The number of benzene rings is 2. The molecular weight excluding hydrogens is 510 g/mol. The molecule has 0 bridgehead atoms. The van der Waals surface area contributed by atoms with E-state index in [0.717, 1.165) is 11.1 Å². The van der Waals surface area contributed by atoms with E-state index in [1.807, 2.05) is 56.3 Å². The number of H-pyrrole nitrogens is 1. The van der Waals surface area contributed by atoms with Crippen LogP contribution in [0.15, 0.2) is 60.8 Å². The van der Waals surface area contributed by atoms with Crippen molar-refractivity contribution < 1.29 is 19.2 Å². The highest BCUT2D eigenvalue weighted by atomic mass is 16.2. The third kappa shape index (κ3) is 6.71. The zero-order valence-electron chi connectivity index (χ0n) is 22.9. The summed E-state index contributed by atoms with van der Waals surface area (Å²) in [5.74, 6) is -1.64. The summed E-state index contributed by atoms with van der Waals surface area (Å²) in [5, 5.41) is 18.7. The van der Waals surface area contributed by atoms with Gasteiger partial charge in [0.2, 0.25) is 23.6 Å². The molecule has 4 rings (SSSR count). The first-order valence-electron chi connectivity index (χ1n) is 13.5. The topological polar surface area (TPSA) is 149 Å². The number of amides is 4. The molecule has 2 heterocycles. The van der Waals surface area contributed by atoms with E-state index in [1.54, 1.807) is 19.1 Å². The fourth-order valence-corrected chi connectivity index (χ4v) is 4.77. The molecule has 1 aliphatic heterocycles. The van der Waals surface area contributed by atoms with Gasteiger partial charge in [-0.2, -0.15) is 15.4 Å². The first-order chi connectivity index (χ1) is 19.3. The number of carbonyl (C=O) groups is 4. The Morgan fingerprint density at radius 2 is 1.75 bits per heavy atom. The maximum atomic E-state index is 13.5. The van der Waals surface area contributed by atoms with Gasteiger partial charge in [0.15, 0.2) is 0 Å². The highest BCUT2D eigenvalue weighted by Gasteiger charge is 2.39. The van der Waals surface area contributed by atoms with Crippen LogP contribution in [-0.2, 0) is 32.0 Å². The SMILES string of the molecule is CCC(C)C(NC(=O)Cc1ccccc1)C(=O)NCC(=O)N1c2ccccc2C[C@H]1C(=O)NC(C)c1cn[nH]n1. The molecule has 0 radical (unpaired) electrons. The Hall–Kier alpha value is -4.54. The van der Waals surface area contributed by atoms with Crippen LogP contribution < -0.4 is 20.9 Å². The molecule has 40 heavy (non-hydrogen) atoms. The Labute approximate surface area is 233 Å². The summed E-state index contributed by atoms with van der Waals surface area (Å²) in [6.45, 7) is 5.27. The van der Waals surface area contributed by atoms with E-state index in [0.29, 0.717) is 24.2 Å². The summed E-state index contributed by atoms with van der Waals surface area (Å²) in [7, 11) is 0. The van der Waals surface area contributed by atoms with E-state index in [2.05, 4.69) is 31.4 Å². The molecular formula is C29H35N7O4. The molecule has 4 N–H and O–H groups in total. The van der Waals surface area contributed by atoms with Gasteiger partial charge >= 0.3 is 0 Å². The van der Waals surface area contributed by atoms with Crippen LogP contribution in [-0.4, -0.2) is 57.7 Å². The molecule has 11 nitrogen and oxygen atoms in total. The zero-order valence-corrected chi connectivity index (χ0v) is 22.9. The van der Waals surface area contributed by atoms with Crippen LogP contribution in [0.5, 0.6) is 0 Å². The number of nitrogens with one attached hydrogen (secondary N) is 4. The number of nitrogens with zero attached hydrogens (tertiary/aromatic N) is 3. The average Bonchev–Trinajstić information content (AvgIpc) is 3.63. The summed E-state index contributed by atoms with van der Waals surface area (Å²) >= 11 is 0. The van der Waals surface area contributed by atoms with Crippen molar-refractivity contribution in [2.24, 2.45) is 5.92 Å². The molecule has 0 saturated heterocycles. The third-order valence-electron chi connectivity index (χ3n) is 7.22. The van der Waals surface area contributed by atoms with Crippen molar-refractivity contribution in [1.82, 2.24) is 31.4 Å². The van der Waals surface area contributed by atoms with Crippen LogP contribution in [0.3, 0.4) is 0 Å². The van der Waals surface area contributed by atoms with Crippen LogP contribution in [0, 0.1) is 5.92 Å². The zero-order chi connectivity index (χ0) is 28.6. The number of rotatable bonds is 11. The molecule has 0 spiro atoms. The van der Waals surface area contributed by atoms with Gasteiger partial charge in [0.05, 0.1) is 25.2 Å². The minimum atomic E-state index is -0.803. The second-order valence-electron chi connectivity index (χ2n) is 10.0. The number of fused-ring (bicyclic) bond motifs is 1. The van der Waals surface area contributed by atoms with Gasteiger partial charge in [-0.25, -0.2) is 0 Å². The molecule has 11 heteroatoms. The van der Waals surface area contributed by atoms with Gasteiger partial charge in [0.25, 0.3) is 0 Å². The quantitative estimate of drug-likeness (QED) is 0.289. The lowest BCUT2D eigenvalue weighted by atomic mass is 9.98. The summed E-state index contributed by atoms with van der Waals surface area (Å²) in [6, 6.07) is 14.6. The largest absolute Gasteiger partial charge is 0.346 e. The molecule has 0 aliphatic carbocycles. The Kier molecular flexibility index (Phi) is 9.26. The highest BCUT2D eigenvalue weighted by molar-refractivity contribution is 6.05. The van der Waals surface area contributed by atoms with Crippen molar-refractivity contribution in [3.05, 3.63) is 77.6 Å². The van der Waals surface area contributed by atoms with Crippen molar-refractivity contribution in [3.8, 4) is 0 Å². The molecule has 0 saturated carbocycles. The maximum Gasteiger partial charge on any atom is 0.247 e. The van der Waals surface area contributed by atoms with Gasteiger partial charge in [-0.3, -0.25) is 24.1 Å². The molecule has 4 atom stereocenters. The van der Waals surface area contributed by atoms with Crippen molar-refractivity contribution in [3.63, 3.8) is 0 Å². The van der Waals surface area contributed by atoms with Crippen molar-refractivity contribution in [2.45, 2.75) is 58.2 Å². The normalized spacial score (nSPS) is 16.4. The predicted molar refractivity (Wildman–Crippen MR) is 149 cm³/mol. The van der Waals surface area contributed by atoms with Crippen molar-refractivity contribution >= 4 is 29.3 Å². The molecule has 3 aromatic rings. The molecule has 4 amide bonds. The number of aromatic nitrogens is 3.